The lowest BCUT2D eigenvalue weighted by Crippen LogP contribution is -2.61. The summed E-state index contributed by atoms with van der Waals surface area (Å²) < 4.78 is 28.4. The van der Waals surface area contributed by atoms with Crippen molar-refractivity contribution in [3.05, 3.63) is 146 Å². The maximum absolute atomic E-state index is 13.2. The van der Waals surface area contributed by atoms with Gasteiger partial charge in [0.2, 0.25) is 0 Å². The van der Waals surface area contributed by atoms with E-state index in [4.69, 9.17) is 23.7 Å². The number of aliphatic hydroxyl groups excluding tert-OH is 2. The molecule has 0 radical (unpaired) electrons. The summed E-state index contributed by atoms with van der Waals surface area (Å²) in [5, 5.41) is 31.6. The molecule has 0 saturated carbocycles. The van der Waals surface area contributed by atoms with Crippen molar-refractivity contribution in [1.29, 1.82) is 0 Å². The highest BCUT2D eigenvalue weighted by Crippen LogP contribution is 2.26. The van der Waals surface area contributed by atoms with Crippen LogP contribution in [0.3, 0.4) is 0 Å². The minimum absolute atomic E-state index is 0.00632. The van der Waals surface area contributed by atoms with Crippen LogP contribution in [0.25, 0.3) is 0 Å². The molecule has 12 nitrogen and oxygen atoms in total. The van der Waals surface area contributed by atoms with E-state index in [1.165, 1.54) is 25.7 Å². The predicted molar refractivity (Wildman–Crippen MR) is 339 cm³/mol. The lowest BCUT2D eigenvalue weighted by atomic mass is 9.98. The van der Waals surface area contributed by atoms with Gasteiger partial charge in [0.1, 0.15) is 18.8 Å². The van der Waals surface area contributed by atoms with Crippen LogP contribution in [-0.4, -0.2) is 89.2 Å². The van der Waals surface area contributed by atoms with Crippen LogP contribution < -0.4 is 0 Å². The first-order valence-electron chi connectivity index (χ1n) is 31.8. The van der Waals surface area contributed by atoms with Crippen LogP contribution in [0.15, 0.2) is 146 Å². The Morgan fingerprint density at radius 3 is 1.19 bits per heavy atom. The van der Waals surface area contributed by atoms with Crippen molar-refractivity contribution in [2.45, 2.75) is 263 Å². The van der Waals surface area contributed by atoms with Gasteiger partial charge in [-0.2, -0.15) is 0 Å². The van der Waals surface area contributed by atoms with Crippen molar-refractivity contribution in [3.8, 4) is 0 Å². The predicted octanol–water partition coefficient (Wildman–Crippen LogP) is 17.1. The molecule has 0 bridgehead atoms. The van der Waals surface area contributed by atoms with E-state index in [0.717, 1.165) is 141 Å². The molecule has 6 unspecified atom stereocenters. The number of carboxylic acids is 1. The molecule has 6 atom stereocenters. The molecule has 1 rings (SSSR count). The van der Waals surface area contributed by atoms with E-state index in [1.54, 1.807) is 0 Å². The minimum Gasteiger partial charge on any atom is -0.479 e. The number of allylic oxidation sites excluding steroid dienone is 24. The number of hydrogen-bond acceptors (Lipinski definition) is 11. The maximum Gasteiger partial charge on any atom is 0.335 e. The van der Waals surface area contributed by atoms with Crippen molar-refractivity contribution in [3.63, 3.8) is 0 Å². The van der Waals surface area contributed by atoms with Gasteiger partial charge in [-0.15, -0.1) is 0 Å². The summed E-state index contributed by atoms with van der Waals surface area (Å²) in [5.74, 6) is -3.26. The van der Waals surface area contributed by atoms with Crippen LogP contribution in [0.5, 0.6) is 0 Å². The molecule has 1 aliphatic heterocycles. The SMILES string of the molecule is CC/C=C\C/C=C\C/C=C\C/C=C\C/C=C\CCCCCC(=O)OC1C(OCC(COC(=O)CCCCCCCC/C=C\C/C=C\C/C=C\CCCCC)OC(=O)CCCC/C=C\C/C=C\C/C=C\C/C=C\CC)OC(C(=O)O)C(O)C1O. The molecule has 3 N–H and O–H groups in total. The number of unbranched alkanes of at least 4 members (excludes halogenated alkanes) is 14. The summed E-state index contributed by atoms with van der Waals surface area (Å²) in [6.07, 6.45) is 69.5. The molecule has 12 heteroatoms. The third kappa shape index (κ3) is 46.6. The second kappa shape index (κ2) is 57.1. The van der Waals surface area contributed by atoms with E-state index in [-0.39, 0.29) is 25.9 Å². The Balaban J connectivity index is 2.73. The van der Waals surface area contributed by atoms with Crippen molar-refractivity contribution in [1.82, 2.24) is 0 Å². The molecule has 0 aliphatic carbocycles. The smallest absolute Gasteiger partial charge is 0.335 e. The van der Waals surface area contributed by atoms with Gasteiger partial charge in [-0.05, 0) is 141 Å². The fourth-order valence-electron chi connectivity index (χ4n) is 8.57. The minimum atomic E-state index is -1.93. The number of carboxylic acid groups (broad SMARTS) is 1. The van der Waals surface area contributed by atoms with E-state index >= 15 is 0 Å². The lowest BCUT2D eigenvalue weighted by molar-refractivity contribution is -0.301. The van der Waals surface area contributed by atoms with Gasteiger partial charge >= 0.3 is 23.9 Å². The van der Waals surface area contributed by atoms with E-state index in [9.17, 15) is 34.5 Å². The van der Waals surface area contributed by atoms with Crippen LogP contribution in [-0.2, 0) is 42.9 Å². The number of esters is 3. The normalized spacial score (nSPS) is 18.6. The molecule has 1 heterocycles. The van der Waals surface area contributed by atoms with Crippen molar-refractivity contribution < 1.29 is 58.2 Å². The Morgan fingerprint density at radius 2 is 0.759 bits per heavy atom. The molecular formula is C71H110O12. The Labute approximate surface area is 502 Å². The molecule has 1 aliphatic rings. The third-order valence-corrected chi connectivity index (χ3v) is 13.4. The largest absolute Gasteiger partial charge is 0.479 e. The second-order valence-corrected chi connectivity index (χ2v) is 20.9. The number of ether oxygens (including phenoxy) is 5. The second-order valence-electron chi connectivity index (χ2n) is 20.9. The summed E-state index contributed by atoms with van der Waals surface area (Å²) in [5.41, 5.74) is 0. The van der Waals surface area contributed by atoms with Crippen LogP contribution in [0.4, 0.5) is 0 Å². The fourth-order valence-corrected chi connectivity index (χ4v) is 8.57. The summed E-state index contributed by atoms with van der Waals surface area (Å²) in [7, 11) is 0. The number of aliphatic hydroxyl groups is 2. The number of hydrogen-bond donors (Lipinski definition) is 3. The zero-order valence-corrected chi connectivity index (χ0v) is 51.4. The average Bonchev–Trinajstić information content (AvgIpc) is 3.60. The molecule has 83 heavy (non-hydrogen) atoms. The number of rotatable bonds is 52. The van der Waals surface area contributed by atoms with E-state index < -0.39 is 67.3 Å². The maximum atomic E-state index is 13.2. The Hall–Kier alpha value is -5.40. The van der Waals surface area contributed by atoms with Crippen LogP contribution in [0.2, 0.25) is 0 Å². The van der Waals surface area contributed by atoms with Gasteiger partial charge in [-0.25, -0.2) is 4.79 Å². The number of carbonyl (C=O) groups excluding carboxylic acids is 3. The highest BCUT2D eigenvalue weighted by Gasteiger charge is 2.50. The molecule has 1 fully saturated rings. The Bertz CT molecular complexity index is 2000. The Kier molecular flexibility index (Phi) is 52.0. The summed E-state index contributed by atoms with van der Waals surface area (Å²) in [6, 6.07) is 0. The first-order valence-corrected chi connectivity index (χ1v) is 31.8. The molecule has 0 aromatic carbocycles. The highest BCUT2D eigenvalue weighted by atomic mass is 16.7. The van der Waals surface area contributed by atoms with Crippen molar-refractivity contribution in [2.75, 3.05) is 13.2 Å². The molecule has 0 spiro atoms. The molecule has 466 valence electrons. The fraction of sp³-hybridized carbons (Fsp3) is 0.606. The monoisotopic (exact) mass is 1150 g/mol. The number of carbonyl (C=O) groups is 4. The summed E-state index contributed by atoms with van der Waals surface area (Å²) in [4.78, 5) is 51.3. The standard InChI is InChI=1S/C71H110O12/c1-4-7-10-13-16-19-22-25-28-30-32-34-37-39-42-45-48-51-54-57-63(72)79-60-62(81-64(73)58-55-52-49-46-43-40-36-27-24-21-18-15-12-9-6-3)61-80-71-69(67(76)66(75)68(83-71)70(77)78)82-65(74)59-56-53-50-47-44-41-38-35-33-31-29-26-23-20-17-14-11-8-5-2/h8-9,11-12,16-21,25-29,32-36,41,43-44,46,62,66-69,71,75-76H,4-7,10,13-15,22-24,30-31,37-40,42,45,47-61H2,1-3H3,(H,77,78)/b11-8-,12-9-,19-16-,20-17-,21-18-,28-25-,29-26-,34-32-,35-33-,36-27-,44-41-,46-43-. The van der Waals surface area contributed by atoms with E-state index in [0.29, 0.717) is 19.3 Å². The van der Waals surface area contributed by atoms with Crippen LogP contribution >= 0.6 is 0 Å². The zero-order chi connectivity index (χ0) is 60.3. The quantitative estimate of drug-likeness (QED) is 0.0228. The molecule has 0 aromatic rings. The van der Waals surface area contributed by atoms with Crippen molar-refractivity contribution >= 4 is 23.9 Å². The topological polar surface area (TPSA) is 175 Å². The van der Waals surface area contributed by atoms with Crippen LogP contribution in [0, 0.1) is 0 Å². The third-order valence-electron chi connectivity index (χ3n) is 13.4. The highest BCUT2D eigenvalue weighted by molar-refractivity contribution is 5.74. The van der Waals surface area contributed by atoms with Gasteiger partial charge in [0.05, 0.1) is 6.61 Å². The Morgan fingerprint density at radius 1 is 0.410 bits per heavy atom. The van der Waals surface area contributed by atoms with Gasteiger partial charge in [-0.3, -0.25) is 14.4 Å². The van der Waals surface area contributed by atoms with Crippen molar-refractivity contribution in [2.24, 2.45) is 0 Å². The summed E-state index contributed by atoms with van der Waals surface area (Å²) in [6.45, 7) is 5.67. The van der Waals surface area contributed by atoms with Gasteiger partial charge < -0.3 is 39.0 Å². The average molecular weight is 1160 g/mol. The first-order chi connectivity index (χ1) is 40.6. The van der Waals surface area contributed by atoms with Gasteiger partial charge in [-0.1, -0.05) is 212 Å². The molecule has 1 saturated heterocycles. The van der Waals surface area contributed by atoms with E-state index in [2.05, 4.69) is 167 Å². The zero-order valence-electron chi connectivity index (χ0n) is 51.4. The van der Waals surface area contributed by atoms with Crippen LogP contribution in [0.1, 0.15) is 226 Å². The van der Waals surface area contributed by atoms with Gasteiger partial charge in [0.25, 0.3) is 0 Å². The first kappa shape index (κ1) is 75.6. The summed E-state index contributed by atoms with van der Waals surface area (Å²) >= 11 is 0. The van der Waals surface area contributed by atoms with E-state index in [1.807, 2.05) is 0 Å². The van der Waals surface area contributed by atoms with Gasteiger partial charge in [0.15, 0.2) is 24.6 Å². The molecular weight excluding hydrogens is 1040 g/mol. The molecule has 0 aromatic heterocycles. The lowest BCUT2D eigenvalue weighted by Gasteiger charge is -2.40. The number of aliphatic carboxylic acids is 1. The van der Waals surface area contributed by atoms with Gasteiger partial charge in [0, 0.05) is 19.3 Å². The molecule has 0 amide bonds.